The van der Waals surface area contributed by atoms with Gasteiger partial charge in [-0.2, -0.15) is 13.2 Å². The summed E-state index contributed by atoms with van der Waals surface area (Å²) in [6.07, 6.45) is -2.44. The zero-order valence-electron chi connectivity index (χ0n) is 12.8. The van der Waals surface area contributed by atoms with Gasteiger partial charge < -0.3 is 0 Å². The van der Waals surface area contributed by atoms with Gasteiger partial charge in [0.1, 0.15) is 0 Å². The summed E-state index contributed by atoms with van der Waals surface area (Å²) in [5.74, 6) is 0. The lowest BCUT2D eigenvalue weighted by Gasteiger charge is -2.40. The van der Waals surface area contributed by atoms with Crippen LogP contribution < -0.4 is 0 Å². The van der Waals surface area contributed by atoms with Gasteiger partial charge >= 0.3 is 6.18 Å². The summed E-state index contributed by atoms with van der Waals surface area (Å²) in [7, 11) is 2.05. The van der Waals surface area contributed by atoms with Crippen molar-refractivity contribution in [3.63, 3.8) is 0 Å². The van der Waals surface area contributed by atoms with Gasteiger partial charge in [-0.15, -0.1) is 0 Å². The maximum atomic E-state index is 13.2. The molecule has 5 nitrogen and oxygen atoms in total. The molecule has 2 fully saturated rings. The molecule has 1 saturated carbocycles. The topological polar surface area (TPSA) is 49.6 Å². The Morgan fingerprint density at radius 2 is 2.00 bits per heavy atom. The van der Waals surface area contributed by atoms with Crippen LogP contribution in [0.5, 0.6) is 0 Å². The average Bonchev–Trinajstić information content (AvgIpc) is 3.22. The second-order valence-corrected chi connectivity index (χ2v) is 6.45. The highest BCUT2D eigenvalue weighted by atomic mass is 19.4. The summed E-state index contributed by atoms with van der Waals surface area (Å²) in [5, 5.41) is 10.7. The van der Waals surface area contributed by atoms with Crippen LogP contribution in [0.1, 0.15) is 24.0 Å². The minimum Gasteiger partial charge on any atom is -0.298 e. The molecule has 0 bridgehead atoms. The summed E-state index contributed by atoms with van der Waals surface area (Å²) >= 11 is 0. The summed E-state index contributed by atoms with van der Waals surface area (Å²) < 4.78 is 39.7. The molecule has 1 aliphatic carbocycles. The zero-order valence-corrected chi connectivity index (χ0v) is 12.8. The maximum Gasteiger partial charge on any atom is 0.416 e. The van der Waals surface area contributed by atoms with Gasteiger partial charge in [-0.05, 0) is 25.5 Å². The molecule has 0 atom stereocenters. The highest BCUT2D eigenvalue weighted by Crippen LogP contribution is 2.44. The van der Waals surface area contributed by atoms with E-state index in [1.807, 2.05) is 4.90 Å². The number of likely N-dealkylation sites (N-methyl/N-ethyl adjacent to an activating group) is 1. The standard InChI is InChI=1S/C15H18F3N3O2/c1-19-6-7-20(10-14(19)4-5-14)9-11-2-3-12(21(22)23)8-13(11)15(16,17)18/h2-3,8H,4-7,9-10H2,1H3. The molecule has 0 radical (unpaired) electrons. The molecule has 0 amide bonds. The van der Waals surface area contributed by atoms with Crippen molar-refractivity contribution in [3.05, 3.63) is 39.4 Å². The molecule has 0 N–H and O–H groups in total. The molecule has 0 aromatic heterocycles. The van der Waals surface area contributed by atoms with Crippen LogP contribution in [0, 0.1) is 10.1 Å². The Morgan fingerprint density at radius 1 is 1.30 bits per heavy atom. The third-order valence-corrected chi connectivity index (χ3v) is 4.91. The lowest BCUT2D eigenvalue weighted by atomic mass is 10.0. The molecule has 23 heavy (non-hydrogen) atoms. The highest BCUT2D eigenvalue weighted by Gasteiger charge is 2.49. The van der Waals surface area contributed by atoms with E-state index in [0.29, 0.717) is 12.6 Å². The van der Waals surface area contributed by atoms with Crippen molar-refractivity contribution in [3.8, 4) is 0 Å². The number of nitro benzene ring substituents is 1. The summed E-state index contributed by atoms with van der Waals surface area (Å²) in [5.41, 5.74) is -1.21. The van der Waals surface area contributed by atoms with Crippen LogP contribution in [-0.4, -0.2) is 46.9 Å². The number of benzene rings is 1. The second kappa shape index (κ2) is 5.45. The fourth-order valence-electron chi connectivity index (χ4n) is 3.28. The van der Waals surface area contributed by atoms with E-state index in [9.17, 15) is 23.3 Å². The molecular formula is C15H18F3N3O2. The summed E-state index contributed by atoms with van der Waals surface area (Å²) in [4.78, 5) is 14.2. The minimum atomic E-state index is -4.59. The zero-order chi connectivity index (χ0) is 16.8. The first-order valence-electron chi connectivity index (χ1n) is 7.49. The molecule has 1 aromatic carbocycles. The molecule has 3 rings (SSSR count). The molecule has 1 spiro atoms. The van der Waals surface area contributed by atoms with E-state index in [1.165, 1.54) is 6.07 Å². The highest BCUT2D eigenvalue weighted by molar-refractivity contribution is 5.41. The fourth-order valence-corrected chi connectivity index (χ4v) is 3.28. The molecule has 1 aliphatic heterocycles. The van der Waals surface area contributed by atoms with E-state index in [0.717, 1.165) is 32.0 Å². The van der Waals surface area contributed by atoms with Gasteiger partial charge in [-0.25, -0.2) is 0 Å². The molecule has 1 aromatic rings. The number of alkyl halides is 3. The monoisotopic (exact) mass is 329 g/mol. The van der Waals surface area contributed by atoms with Gasteiger partial charge in [0.2, 0.25) is 0 Å². The smallest absolute Gasteiger partial charge is 0.298 e. The van der Waals surface area contributed by atoms with Crippen molar-refractivity contribution in [1.29, 1.82) is 0 Å². The largest absolute Gasteiger partial charge is 0.416 e. The van der Waals surface area contributed by atoms with Gasteiger partial charge in [0.05, 0.1) is 10.5 Å². The molecule has 126 valence electrons. The number of rotatable bonds is 3. The van der Waals surface area contributed by atoms with Crippen LogP contribution in [0.3, 0.4) is 0 Å². The van der Waals surface area contributed by atoms with Crippen LogP contribution in [0.15, 0.2) is 18.2 Å². The minimum absolute atomic E-state index is 0.100. The first-order chi connectivity index (χ1) is 10.7. The number of halogens is 3. The van der Waals surface area contributed by atoms with Gasteiger partial charge in [-0.1, -0.05) is 6.07 Å². The molecule has 0 unspecified atom stereocenters. The van der Waals surface area contributed by atoms with Crippen molar-refractivity contribution in [2.45, 2.75) is 31.1 Å². The number of nitro groups is 1. The van der Waals surface area contributed by atoms with E-state index >= 15 is 0 Å². The number of hydrogen-bond donors (Lipinski definition) is 0. The van der Waals surface area contributed by atoms with Crippen LogP contribution in [0.2, 0.25) is 0 Å². The Hall–Kier alpha value is -1.67. The van der Waals surface area contributed by atoms with Gasteiger partial charge in [0.25, 0.3) is 5.69 Å². The van der Waals surface area contributed by atoms with Crippen molar-refractivity contribution < 1.29 is 18.1 Å². The van der Waals surface area contributed by atoms with E-state index in [4.69, 9.17) is 0 Å². The number of piperazine rings is 1. The average molecular weight is 329 g/mol. The van der Waals surface area contributed by atoms with Crippen molar-refractivity contribution in [1.82, 2.24) is 9.80 Å². The van der Waals surface area contributed by atoms with E-state index in [-0.39, 0.29) is 17.6 Å². The lowest BCUT2D eigenvalue weighted by molar-refractivity contribution is -0.385. The number of hydrogen-bond acceptors (Lipinski definition) is 4. The predicted octanol–water partition coefficient (Wildman–Crippen LogP) is 2.89. The molecular weight excluding hydrogens is 311 g/mol. The van der Waals surface area contributed by atoms with Gasteiger partial charge in [0.15, 0.2) is 0 Å². The molecule has 8 heteroatoms. The molecule has 1 saturated heterocycles. The van der Waals surface area contributed by atoms with Crippen LogP contribution in [-0.2, 0) is 12.7 Å². The quantitative estimate of drug-likeness (QED) is 0.632. The number of nitrogens with zero attached hydrogens (tertiary/aromatic N) is 3. The van der Waals surface area contributed by atoms with E-state index in [2.05, 4.69) is 11.9 Å². The van der Waals surface area contributed by atoms with Gasteiger partial charge in [-0.3, -0.25) is 19.9 Å². The third kappa shape index (κ3) is 3.18. The molecule has 1 heterocycles. The van der Waals surface area contributed by atoms with Crippen LogP contribution in [0.4, 0.5) is 18.9 Å². The van der Waals surface area contributed by atoms with Crippen LogP contribution in [0.25, 0.3) is 0 Å². The SMILES string of the molecule is CN1CCN(Cc2ccc([N+](=O)[O-])cc2C(F)(F)F)CC12CC2. The Bertz CT molecular complexity index is 629. The van der Waals surface area contributed by atoms with Crippen molar-refractivity contribution in [2.75, 3.05) is 26.7 Å². The molecule has 2 aliphatic rings. The third-order valence-electron chi connectivity index (χ3n) is 4.91. The summed E-state index contributed by atoms with van der Waals surface area (Å²) in [6, 6.07) is 3.02. The summed E-state index contributed by atoms with van der Waals surface area (Å²) in [6.45, 7) is 2.45. The first-order valence-corrected chi connectivity index (χ1v) is 7.49. The predicted molar refractivity (Wildman–Crippen MR) is 78.0 cm³/mol. The normalized spacial score (nSPS) is 21.6. The van der Waals surface area contributed by atoms with Crippen LogP contribution >= 0.6 is 0 Å². The van der Waals surface area contributed by atoms with Gasteiger partial charge in [0, 0.05) is 43.9 Å². The Balaban J connectivity index is 1.83. The Labute approximate surface area is 131 Å². The Kier molecular flexibility index (Phi) is 3.84. The van der Waals surface area contributed by atoms with Crippen molar-refractivity contribution in [2.24, 2.45) is 0 Å². The van der Waals surface area contributed by atoms with E-state index in [1.54, 1.807) is 0 Å². The second-order valence-electron chi connectivity index (χ2n) is 6.45. The first kappa shape index (κ1) is 16.2. The maximum absolute atomic E-state index is 13.2. The van der Waals surface area contributed by atoms with E-state index < -0.39 is 22.4 Å². The fraction of sp³-hybridized carbons (Fsp3) is 0.600. The Morgan fingerprint density at radius 3 is 2.57 bits per heavy atom. The number of non-ortho nitro benzene ring substituents is 1. The lowest BCUT2D eigenvalue weighted by Crippen LogP contribution is -2.52. The van der Waals surface area contributed by atoms with Crippen molar-refractivity contribution >= 4 is 5.69 Å².